The Hall–Kier alpha value is -1.52. The van der Waals surface area contributed by atoms with E-state index in [-0.39, 0.29) is 0 Å². The fourth-order valence-corrected chi connectivity index (χ4v) is 2.26. The van der Waals surface area contributed by atoms with Gasteiger partial charge >= 0.3 is 5.97 Å². The molecule has 2 aromatic rings. The minimum atomic E-state index is -0.946. The molecule has 98 valence electrons. The molecule has 3 nitrogen and oxygen atoms in total. The lowest BCUT2D eigenvalue weighted by atomic mass is 10.1. The molecule has 0 aliphatic rings. The van der Waals surface area contributed by atoms with E-state index < -0.39 is 12.0 Å². The van der Waals surface area contributed by atoms with Gasteiger partial charge in [0.2, 0.25) is 0 Å². The molecule has 5 heteroatoms. The van der Waals surface area contributed by atoms with Gasteiger partial charge in [-0.25, -0.2) is 4.79 Å². The molecule has 0 heterocycles. The van der Waals surface area contributed by atoms with Crippen LogP contribution in [0, 0.1) is 0 Å². The molecule has 0 bridgehead atoms. The summed E-state index contributed by atoms with van der Waals surface area (Å²) in [5.41, 5.74) is 1.32. The number of carboxylic acid groups (broad SMARTS) is 1. The number of carboxylic acids is 1. The number of carbonyl (C=O) groups is 1. The van der Waals surface area contributed by atoms with E-state index in [1.165, 1.54) is 0 Å². The Labute approximate surface area is 124 Å². The van der Waals surface area contributed by atoms with E-state index in [1.54, 1.807) is 42.5 Å². The van der Waals surface area contributed by atoms with E-state index in [1.807, 2.05) is 6.07 Å². The summed E-state index contributed by atoms with van der Waals surface area (Å²) >= 11 is 9.33. The van der Waals surface area contributed by atoms with E-state index >= 15 is 0 Å². The van der Waals surface area contributed by atoms with Gasteiger partial charge in [0.25, 0.3) is 0 Å². The van der Waals surface area contributed by atoms with Crippen molar-refractivity contribution < 1.29 is 9.90 Å². The number of nitrogens with one attached hydrogen (secondary N) is 1. The van der Waals surface area contributed by atoms with Crippen molar-refractivity contribution in [2.45, 2.75) is 6.04 Å². The monoisotopic (exact) mass is 339 g/mol. The third-order valence-electron chi connectivity index (χ3n) is 2.63. The van der Waals surface area contributed by atoms with Crippen LogP contribution in [0.15, 0.2) is 53.0 Å². The second kappa shape index (κ2) is 6.08. The van der Waals surface area contributed by atoms with Crippen LogP contribution in [0.25, 0.3) is 0 Å². The average molecular weight is 341 g/mol. The molecule has 0 saturated carbocycles. The van der Waals surface area contributed by atoms with Crippen molar-refractivity contribution >= 4 is 39.2 Å². The third kappa shape index (κ3) is 3.28. The summed E-state index contributed by atoms with van der Waals surface area (Å²) in [6.45, 7) is 0. The van der Waals surface area contributed by atoms with Gasteiger partial charge in [0.1, 0.15) is 0 Å². The molecule has 0 spiro atoms. The van der Waals surface area contributed by atoms with Gasteiger partial charge < -0.3 is 10.4 Å². The molecule has 2 aromatic carbocycles. The highest BCUT2D eigenvalue weighted by atomic mass is 79.9. The number of hydrogen-bond donors (Lipinski definition) is 2. The quantitative estimate of drug-likeness (QED) is 0.870. The molecule has 0 radical (unpaired) electrons. The van der Waals surface area contributed by atoms with Crippen molar-refractivity contribution in [3.05, 3.63) is 63.6 Å². The minimum Gasteiger partial charge on any atom is -0.479 e. The maximum atomic E-state index is 11.4. The van der Waals surface area contributed by atoms with Gasteiger partial charge in [-0.15, -0.1) is 0 Å². The Kier molecular flexibility index (Phi) is 4.45. The first-order valence-corrected chi connectivity index (χ1v) is 6.75. The molecule has 0 amide bonds. The van der Waals surface area contributed by atoms with Crippen LogP contribution in [0.4, 0.5) is 5.69 Å². The lowest BCUT2D eigenvalue weighted by molar-refractivity contribution is -0.138. The predicted molar refractivity (Wildman–Crippen MR) is 79.6 cm³/mol. The van der Waals surface area contributed by atoms with Gasteiger partial charge in [0.15, 0.2) is 6.04 Å². The Morgan fingerprint density at radius 2 is 1.84 bits per heavy atom. The molecule has 0 aliphatic carbocycles. The van der Waals surface area contributed by atoms with Gasteiger partial charge in [-0.05, 0) is 33.6 Å². The van der Waals surface area contributed by atoms with Crippen molar-refractivity contribution in [3.8, 4) is 0 Å². The summed E-state index contributed by atoms with van der Waals surface area (Å²) in [5.74, 6) is -0.946. The zero-order valence-electron chi connectivity index (χ0n) is 9.81. The molecule has 0 aromatic heterocycles. The molecule has 1 unspecified atom stereocenters. The first kappa shape index (κ1) is 13.9. The number of aliphatic carboxylic acids is 1. The number of benzene rings is 2. The zero-order valence-corrected chi connectivity index (χ0v) is 12.1. The van der Waals surface area contributed by atoms with E-state index in [0.29, 0.717) is 20.7 Å². The molecule has 19 heavy (non-hydrogen) atoms. The lowest BCUT2D eigenvalue weighted by Gasteiger charge is -2.17. The van der Waals surface area contributed by atoms with E-state index in [0.717, 1.165) is 0 Å². The highest BCUT2D eigenvalue weighted by Crippen LogP contribution is 2.32. The van der Waals surface area contributed by atoms with Crippen molar-refractivity contribution in [2.24, 2.45) is 0 Å². The minimum absolute atomic E-state index is 0.530. The molecular weight excluding hydrogens is 330 g/mol. The Balaban J connectivity index is 2.32. The molecule has 0 saturated heterocycles. The van der Waals surface area contributed by atoms with Crippen LogP contribution >= 0.6 is 27.5 Å². The Morgan fingerprint density at radius 3 is 2.47 bits per heavy atom. The van der Waals surface area contributed by atoms with Gasteiger partial charge in [-0.3, -0.25) is 0 Å². The Morgan fingerprint density at radius 1 is 1.16 bits per heavy atom. The second-order valence-corrected chi connectivity index (χ2v) is 5.13. The fourth-order valence-electron chi connectivity index (χ4n) is 1.70. The van der Waals surface area contributed by atoms with E-state index in [4.69, 9.17) is 11.6 Å². The SMILES string of the molecule is O=C(O)C(Nc1cccc(Cl)c1Br)c1ccccc1. The lowest BCUT2D eigenvalue weighted by Crippen LogP contribution is -2.20. The van der Waals surface area contributed by atoms with Crippen LogP contribution in [0.5, 0.6) is 0 Å². The van der Waals surface area contributed by atoms with Gasteiger partial charge in [-0.1, -0.05) is 48.0 Å². The maximum absolute atomic E-state index is 11.4. The summed E-state index contributed by atoms with van der Waals surface area (Å²) in [5, 5.41) is 12.8. The van der Waals surface area contributed by atoms with Crippen molar-refractivity contribution in [2.75, 3.05) is 5.32 Å². The number of hydrogen-bond acceptors (Lipinski definition) is 2. The van der Waals surface area contributed by atoms with Gasteiger partial charge in [-0.2, -0.15) is 0 Å². The molecule has 0 fully saturated rings. The van der Waals surface area contributed by atoms with Crippen LogP contribution in [0.3, 0.4) is 0 Å². The van der Waals surface area contributed by atoms with Crippen LogP contribution < -0.4 is 5.32 Å². The zero-order chi connectivity index (χ0) is 13.8. The van der Waals surface area contributed by atoms with E-state index in [2.05, 4.69) is 21.2 Å². The topological polar surface area (TPSA) is 49.3 Å². The van der Waals surface area contributed by atoms with Gasteiger partial charge in [0.05, 0.1) is 15.2 Å². The molecule has 2 rings (SSSR count). The summed E-state index contributed by atoms with van der Waals surface area (Å²) < 4.78 is 0.652. The van der Waals surface area contributed by atoms with Crippen LogP contribution in [-0.2, 0) is 4.79 Å². The first-order chi connectivity index (χ1) is 9.09. The van der Waals surface area contributed by atoms with E-state index in [9.17, 15) is 9.90 Å². The summed E-state index contributed by atoms with van der Waals surface area (Å²) in [7, 11) is 0. The number of rotatable bonds is 4. The largest absolute Gasteiger partial charge is 0.479 e. The summed E-state index contributed by atoms with van der Waals surface area (Å²) in [6, 6.07) is 13.4. The molecule has 0 aliphatic heterocycles. The first-order valence-electron chi connectivity index (χ1n) is 5.58. The second-order valence-electron chi connectivity index (χ2n) is 3.93. The average Bonchev–Trinajstić information content (AvgIpc) is 2.41. The molecule has 2 N–H and O–H groups in total. The summed E-state index contributed by atoms with van der Waals surface area (Å²) in [6.07, 6.45) is 0. The third-order valence-corrected chi connectivity index (χ3v) is 4.03. The molecule has 1 atom stereocenters. The van der Waals surface area contributed by atoms with Crippen molar-refractivity contribution in [3.63, 3.8) is 0 Å². The van der Waals surface area contributed by atoms with Crippen LogP contribution in [-0.4, -0.2) is 11.1 Å². The maximum Gasteiger partial charge on any atom is 0.330 e. The van der Waals surface area contributed by atoms with Crippen LogP contribution in [0.1, 0.15) is 11.6 Å². The van der Waals surface area contributed by atoms with Crippen molar-refractivity contribution in [1.82, 2.24) is 0 Å². The highest BCUT2D eigenvalue weighted by molar-refractivity contribution is 9.10. The number of anilines is 1. The van der Waals surface area contributed by atoms with Crippen LogP contribution in [0.2, 0.25) is 5.02 Å². The standard InChI is InChI=1S/C14H11BrClNO2/c15-12-10(16)7-4-8-11(12)17-13(14(18)19)9-5-2-1-3-6-9/h1-8,13,17H,(H,18,19). The van der Waals surface area contributed by atoms with Crippen molar-refractivity contribution in [1.29, 1.82) is 0 Å². The number of halogens is 2. The van der Waals surface area contributed by atoms with Gasteiger partial charge in [0, 0.05) is 0 Å². The Bertz CT molecular complexity index is 589. The predicted octanol–water partition coefficient (Wildman–Crippen LogP) is 4.34. The smallest absolute Gasteiger partial charge is 0.330 e. The fraction of sp³-hybridized carbons (Fsp3) is 0.0714. The summed E-state index contributed by atoms with van der Waals surface area (Å²) in [4.78, 5) is 11.4. The highest BCUT2D eigenvalue weighted by Gasteiger charge is 2.20. The molecular formula is C14H11BrClNO2. The normalized spacial score (nSPS) is 11.9.